The van der Waals surface area contributed by atoms with Gasteiger partial charge in [-0.15, -0.1) is 0 Å². The highest BCUT2D eigenvalue weighted by Crippen LogP contribution is 2.34. The summed E-state index contributed by atoms with van der Waals surface area (Å²) in [4.78, 5) is 46.1. The second kappa shape index (κ2) is 8.01. The van der Waals surface area contributed by atoms with Gasteiger partial charge in [0.1, 0.15) is 18.0 Å². The lowest BCUT2D eigenvalue weighted by Gasteiger charge is -2.25. The Bertz CT molecular complexity index is 1230. The average molecular weight is 482 g/mol. The van der Waals surface area contributed by atoms with Gasteiger partial charge in [0.2, 0.25) is 5.78 Å². The Hall–Kier alpha value is -2.84. The first-order chi connectivity index (χ1) is 15.1. The third-order valence-corrected chi connectivity index (χ3v) is 6.37. The van der Waals surface area contributed by atoms with Crippen LogP contribution in [0.3, 0.4) is 0 Å². The average Bonchev–Trinajstić information content (AvgIpc) is 3.13. The molecule has 0 N–H and O–H groups in total. The van der Waals surface area contributed by atoms with Crippen LogP contribution in [0, 0.1) is 0 Å². The van der Waals surface area contributed by atoms with Crippen molar-refractivity contribution in [2.24, 2.45) is 0 Å². The first-order valence-corrected chi connectivity index (χ1v) is 11.1. The number of esters is 1. The van der Waals surface area contributed by atoms with Crippen LogP contribution in [0.1, 0.15) is 61.7 Å². The predicted octanol–water partition coefficient (Wildman–Crippen LogP) is 3.51. The van der Waals surface area contributed by atoms with E-state index in [0.29, 0.717) is 12.1 Å². The van der Waals surface area contributed by atoms with E-state index in [2.05, 4.69) is 25.8 Å². The molecular formula is C23H20BrN3O4. The summed E-state index contributed by atoms with van der Waals surface area (Å²) in [6.07, 6.45) is 6.71. The van der Waals surface area contributed by atoms with Gasteiger partial charge in [-0.2, -0.15) is 0 Å². The van der Waals surface area contributed by atoms with Gasteiger partial charge in [-0.3, -0.25) is 19.5 Å². The molecule has 0 saturated carbocycles. The number of carbonyl (C=O) groups is 3. The van der Waals surface area contributed by atoms with Crippen molar-refractivity contribution in [1.82, 2.24) is 14.3 Å². The molecule has 3 aromatic rings. The molecule has 2 aliphatic rings. The largest absolute Gasteiger partial charge is 0.461 e. The molecule has 1 aliphatic heterocycles. The van der Waals surface area contributed by atoms with Crippen molar-refractivity contribution in [2.75, 3.05) is 26.2 Å². The van der Waals surface area contributed by atoms with E-state index in [0.717, 1.165) is 30.4 Å². The van der Waals surface area contributed by atoms with E-state index in [1.807, 2.05) is 0 Å². The molecule has 4 heterocycles. The van der Waals surface area contributed by atoms with Gasteiger partial charge in [0.05, 0.1) is 22.2 Å². The zero-order valence-corrected chi connectivity index (χ0v) is 18.4. The number of hydrogen-bond donors (Lipinski definition) is 0. The molecule has 1 fully saturated rings. The van der Waals surface area contributed by atoms with Crippen molar-refractivity contribution in [3.63, 3.8) is 0 Å². The maximum Gasteiger partial charge on any atom is 0.341 e. The molecule has 31 heavy (non-hydrogen) atoms. The zero-order valence-electron chi connectivity index (χ0n) is 16.8. The number of aromatic nitrogens is 2. The van der Waals surface area contributed by atoms with Crippen molar-refractivity contribution >= 4 is 39.0 Å². The Morgan fingerprint density at radius 3 is 2.71 bits per heavy atom. The second-order valence-electron chi connectivity index (χ2n) is 7.80. The molecule has 1 aliphatic carbocycles. The van der Waals surface area contributed by atoms with E-state index in [4.69, 9.17) is 4.74 Å². The number of nitrogens with zero attached hydrogens (tertiary/aromatic N) is 3. The number of piperidine rings is 1. The topological polar surface area (TPSA) is 81.0 Å². The van der Waals surface area contributed by atoms with Crippen LogP contribution in [0.15, 0.2) is 41.1 Å². The Morgan fingerprint density at radius 2 is 1.90 bits per heavy atom. The lowest BCUT2D eigenvalue weighted by atomic mass is 9.89. The smallest absolute Gasteiger partial charge is 0.341 e. The molecule has 0 bridgehead atoms. The van der Waals surface area contributed by atoms with Gasteiger partial charge >= 0.3 is 5.97 Å². The first-order valence-electron chi connectivity index (χ1n) is 10.3. The summed E-state index contributed by atoms with van der Waals surface area (Å²) in [5.41, 5.74) is 1.14. The van der Waals surface area contributed by atoms with Crippen molar-refractivity contribution < 1.29 is 19.1 Å². The molecule has 8 heteroatoms. The highest BCUT2D eigenvalue weighted by Gasteiger charge is 2.39. The summed E-state index contributed by atoms with van der Waals surface area (Å²) in [5, 5.41) is 0. The molecule has 0 unspecified atom stereocenters. The van der Waals surface area contributed by atoms with E-state index in [9.17, 15) is 14.4 Å². The standard InChI is InChI=1S/C23H20BrN3O4/c24-14-6-7-16-17(23(30)31-12-11-26-9-2-1-3-10-26)18-20(27(16)13-14)22(29)19-15(21(18)28)5-4-8-25-19/h4-8,13H,1-3,9-12H2. The number of hydrogen-bond acceptors (Lipinski definition) is 6. The fraction of sp³-hybridized carbons (Fsp3) is 0.304. The zero-order chi connectivity index (χ0) is 21.5. The summed E-state index contributed by atoms with van der Waals surface area (Å²) in [7, 11) is 0. The molecule has 0 aromatic carbocycles. The number of rotatable bonds is 4. The van der Waals surface area contributed by atoms with Gasteiger partial charge in [0.25, 0.3) is 0 Å². The SMILES string of the molecule is O=C1c2cccnc2C(=O)c2c1c(C(=O)OCCN1CCCCC1)c1ccc(Br)cn21. The summed E-state index contributed by atoms with van der Waals surface area (Å²) < 4.78 is 7.88. The number of ether oxygens (including phenoxy) is 1. The fourth-order valence-electron chi connectivity index (χ4n) is 4.42. The maximum absolute atomic E-state index is 13.3. The monoisotopic (exact) mass is 481 g/mol. The van der Waals surface area contributed by atoms with Crippen LogP contribution in [-0.4, -0.2) is 58.1 Å². The lowest BCUT2D eigenvalue weighted by molar-refractivity contribution is 0.0452. The van der Waals surface area contributed by atoms with Crippen LogP contribution in [0.5, 0.6) is 0 Å². The summed E-state index contributed by atoms with van der Waals surface area (Å²) in [5.74, 6) is -1.36. The Morgan fingerprint density at radius 1 is 1.10 bits per heavy atom. The molecule has 7 nitrogen and oxygen atoms in total. The van der Waals surface area contributed by atoms with Gasteiger partial charge in [-0.25, -0.2) is 4.79 Å². The molecule has 5 rings (SSSR count). The highest BCUT2D eigenvalue weighted by molar-refractivity contribution is 9.10. The molecule has 0 radical (unpaired) electrons. The van der Waals surface area contributed by atoms with Crippen LogP contribution < -0.4 is 0 Å². The number of ketones is 2. The number of likely N-dealkylation sites (tertiary alicyclic amines) is 1. The van der Waals surface area contributed by atoms with Crippen molar-refractivity contribution in [3.05, 3.63) is 69.2 Å². The van der Waals surface area contributed by atoms with Gasteiger partial charge in [0, 0.05) is 23.4 Å². The van der Waals surface area contributed by atoms with Crippen molar-refractivity contribution in [3.8, 4) is 0 Å². The third kappa shape index (κ3) is 3.40. The van der Waals surface area contributed by atoms with Crippen molar-refractivity contribution in [2.45, 2.75) is 19.3 Å². The third-order valence-electron chi connectivity index (χ3n) is 5.90. The maximum atomic E-state index is 13.3. The second-order valence-corrected chi connectivity index (χ2v) is 8.71. The number of carbonyl (C=O) groups excluding carboxylic acids is 3. The summed E-state index contributed by atoms with van der Waals surface area (Å²) in [6.45, 7) is 2.91. The Balaban J connectivity index is 1.55. The van der Waals surface area contributed by atoms with Crippen molar-refractivity contribution in [1.29, 1.82) is 0 Å². The highest BCUT2D eigenvalue weighted by atomic mass is 79.9. The van der Waals surface area contributed by atoms with Crippen LogP contribution in [0.2, 0.25) is 0 Å². The molecule has 1 saturated heterocycles. The molecule has 3 aromatic heterocycles. The lowest BCUT2D eigenvalue weighted by Crippen LogP contribution is -2.33. The normalized spacial score (nSPS) is 16.3. The summed E-state index contributed by atoms with van der Waals surface area (Å²) >= 11 is 3.40. The fourth-order valence-corrected chi connectivity index (χ4v) is 4.76. The number of pyridine rings is 2. The number of fused-ring (bicyclic) bond motifs is 4. The van der Waals surface area contributed by atoms with E-state index in [1.165, 1.54) is 12.6 Å². The predicted molar refractivity (Wildman–Crippen MR) is 117 cm³/mol. The van der Waals surface area contributed by atoms with Gasteiger partial charge in [-0.1, -0.05) is 6.42 Å². The molecular weight excluding hydrogens is 462 g/mol. The van der Waals surface area contributed by atoms with E-state index >= 15 is 0 Å². The number of halogens is 1. The minimum atomic E-state index is -0.591. The van der Waals surface area contributed by atoms with Gasteiger partial charge < -0.3 is 9.14 Å². The molecule has 0 atom stereocenters. The Labute approximate surface area is 187 Å². The van der Waals surface area contributed by atoms with E-state index in [-0.39, 0.29) is 46.3 Å². The minimum Gasteiger partial charge on any atom is -0.461 e. The van der Waals surface area contributed by atoms with Crippen LogP contribution in [-0.2, 0) is 4.74 Å². The van der Waals surface area contributed by atoms with Crippen LogP contribution in [0.25, 0.3) is 5.52 Å². The molecule has 0 spiro atoms. The Kier molecular flexibility index (Phi) is 5.19. The van der Waals surface area contributed by atoms with Crippen LogP contribution >= 0.6 is 15.9 Å². The van der Waals surface area contributed by atoms with Gasteiger partial charge in [0.15, 0.2) is 5.78 Å². The van der Waals surface area contributed by atoms with E-state index in [1.54, 1.807) is 34.9 Å². The quantitative estimate of drug-likeness (QED) is 0.414. The summed E-state index contributed by atoms with van der Waals surface area (Å²) in [6, 6.07) is 6.65. The van der Waals surface area contributed by atoms with Crippen LogP contribution in [0.4, 0.5) is 0 Å². The first kappa shape index (κ1) is 20.1. The minimum absolute atomic E-state index is 0.0894. The molecule has 158 valence electrons. The van der Waals surface area contributed by atoms with E-state index < -0.39 is 5.97 Å². The van der Waals surface area contributed by atoms with Gasteiger partial charge in [-0.05, 0) is 66.1 Å². The molecule has 0 amide bonds.